The molecule has 144 valence electrons. The second kappa shape index (κ2) is 7.97. The summed E-state index contributed by atoms with van der Waals surface area (Å²) >= 11 is 4.88. The largest absolute Gasteiger partial charge is 0.468 e. The lowest BCUT2D eigenvalue weighted by Gasteiger charge is -2.18. The Morgan fingerprint density at radius 3 is 2.96 bits per heavy atom. The monoisotopic (exact) mass is 422 g/mol. The van der Waals surface area contributed by atoms with E-state index in [9.17, 15) is 4.79 Å². The van der Waals surface area contributed by atoms with E-state index in [1.54, 1.807) is 11.8 Å². The summed E-state index contributed by atoms with van der Waals surface area (Å²) in [4.78, 5) is 19.1. The van der Waals surface area contributed by atoms with Gasteiger partial charge < -0.3 is 4.74 Å². The van der Waals surface area contributed by atoms with Crippen LogP contribution in [0, 0.1) is 0 Å². The van der Waals surface area contributed by atoms with Gasteiger partial charge in [-0.25, -0.2) is 9.38 Å². The van der Waals surface area contributed by atoms with Gasteiger partial charge in [0.2, 0.25) is 0 Å². The molecule has 9 heteroatoms. The first-order valence-electron chi connectivity index (χ1n) is 9.16. The second-order valence-electron chi connectivity index (χ2n) is 6.66. The molecule has 0 radical (unpaired) electrons. The van der Waals surface area contributed by atoms with Crippen LogP contribution >= 0.6 is 34.9 Å². The van der Waals surface area contributed by atoms with Crippen LogP contribution in [0.3, 0.4) is 0 Å². The molecular formula is C18H22N4O2S3. The van der Waals surface area contributed by atoms with Crippen molar-refractivity contribution in [1.82, 2.24) is 19.6 Å². The van der Waals surface area contributed by atoms with Crippen LogP contribution in [-0.4, -0.2) is 44.2 Å². The second-order valence-corrected chi connectivity index (χ2v) is 9.75. The van der Waals surface area contributed by atoms with Crippen LogP contribution in [0.5, 0.6) is 0 Å². The van der Waals surface area contributed by atoms with Gasteiger partial charge in [0.1, 0.15) is 4.83 Å². The fourth-order valence-corrected chi connectivity index (χ4v) is 6.55. The van der Waals surface area contributed by atoms with E-state index in [0.717, 1.165) is 39.6 Å². The standard InChI is InChI=1S/C18H22N4O2S3/c1-4-8-25-17-19-16-14(13-10(2)6-5-7-11(13)27-16)15-20-21-18(22(15)17)26-9-12(23)24-3/h10H,4-9H2,1-3H3/t10-/m0/s1. The van der Waals surface area contributed by atoms with Crippen LogP contribution in [0.15, 0.2) is 10.3 Å². The van der Waals surface area contributed by atoms with Crippen LogP contribution < -0.4 is 0 Å². The van der Waals surface area contributed by atoms with E-state index < -0.39 is 0 Å². The Morgan fingerprint density at radius 2 is 2.19 bits per heavy atom. The zero-order valence-corrected chi connectivity index (χ0v) is 18.1. The quantitative estimate of drug-likeness (QED) is 0.328. The number of methoxy groups -OCH3 is 1. The summed E-state index contributed by atoms with van der Waals surface area (Å²) in [6, 6.07) is 0. The molecule has 0 saturated carbocycles. The molecule has 0 saturated heterocycles. The van der Waals surface area contributed by atoms with E-state index in [0.29, 0.717) is 11.1 Å². The number of carbonyl (C=O) groups is 1. The van der Waals surface area contributed by atoms with Gasteiger partial charge >= 0.3 is 5.97 Å². The van der Waals surface area contributed by atoms with Gasteiger partial charge in [-0.3, -0.25) is 4.79 Å². The summed E-state index contributed by atoms with van der Waals surface area (Å²) in [5.41, 5.74) is 2.28. The number of hydrogen-bond donors (Lipinski definition) is 0. The molecule has 3 aromatic rings. The summed E-state index contributed by atoms with van der Waals surface area (Å²) in [7, 11) is 1.40. The maximum Gasteiger partial charge on any atom is 0.316 e. The molecule has 27 heavy (non-hydrogen) atoms. The fourth-order valence-electron chi connectivity index (χ4n) is 3.50. The molecule has 1 aliphatic rings. The minimum Gasteiger partial charge on any atom is -0.468 e. The van der Waals surface area contributed by atoms with Crippen molar-refractivity contribution >= 4 is 56.7 Å². The Morgan fingerprint density at radius 1 is 1.33 bits per heavy atom. The average Bonchev–Trinajstić information content (AvgIpc) is 3.25. The normalized spacial score (nSPS) is 16.8. The van der Waals surface area contributed by atoms with Crippen molar-refractivity contribution in [3.8, 4) is 0 Å². The lowest BCUT2D eigenvalue weighted by atomic mass is 9.87. The third-order valence-corrected chi connectivity index (χ3v) is 7.97. The highest BCUT2D eigenvalue weighted by molar-refractivity contribution is 8.00. The van der Waals surface area contributed by atoms with E-state index in [1.165, 1.54) is 42.2 Å². The number of rotatable bonds is 6. The summed E-state index contributed by atoms with van der Waals surface area (Å²) in [5, 5.41) is 11.7. The predicted molar refractivity (Wildman–Crippen MR) is 111 cm³/mol. The Hall–Kier alpha value is -1.32. The van der Waals surface area contributed by atoms with Crippen LogP contribution in [0.25, 0.3) is 15.9 Å². The van der Waals surface area contributed by atoms with Gasteiger partial charge in [-0.1, -0.05) is 37.4 Å². The maximum atomic E-state index is 11.6. The number of ether oxygens (including phenoxy) is 1. The number of esters is 1. The molecule has 1 atom stereocenters. The number of aromatic nitrogens is 4. The zero-order chi connectivity index (χ0) is 19.0. The van der Waals surface area contributed by atoms with Gasteiger partial charge in [-0.15, -0.1) is 21.5 Å². The van der Waals surface area contributed by atoms with Gasteiger partial charge in [0.15, 0.2) is 16.0 Å². The van der Waals surface area contributed by atoms with Crippen molar-refractivity contribution in [3.63, 3.8) is 0 Å². The molecule has 3 heterocycles. The molecule has 4 rings (SSSR count). The highest BCUT2D eigenvalue weighted by Crippen LogP contribution is 2.44. The SMILES string of the molecule is CCCSc1nc2sc3c(c2c2nnc(SCC(=O)OC)n12)[C@@H](C)CCC3. The van der Waals surface area contributed by atoms with Gasteiger partial charge in [0.25, 0.3) is 0 Å². The lowest BCUT2D eigenvalue weighted by Crippen LogP contribution is -2.06. The maximum absolute atomic E-state index is 11.6. The number of nitrogens with zero attached hydrogens (tertiary/aromatic N) is 4. The number of aryl methyl sites for hydroxylation is 1. The first-order chi connectivity index (χ1) is 13.1. The van der Waals surface area contributed by atoms with E-state index in [1.807, 2.05) is 15.7 Å². The van der Waals surface area contributed by atoms with E-state index in [2.05, 4.69) is 24.0 Å². The first-order valence-corrected chi connectivity index (χ1v) is 12.0. The summed E-state index contributed by atoms with van der Waals surface area (Å²) in [6.07, 6.45) is 4.63. The van der Waals surface area contributed by atoms with Gasteiger partial charge in [-0.2, -0.15) is 0 Å². The smallest absolute Gasteiger partial charge is 0.316 e. The summed E-state index contributed by atoms with van der Waals surface area (Å²) < 4.78 is 6.80. The predicted octanol–water partition coefficient (Wildman–Crippen LogP) is 4.55. The highest BCUT2D eigenvalue weighted by atomic mass is 32.2. The van der Waals surface area contributed by atoms with Gasteiger partial charge in [0.05, 0.1) is 18.2 Å². The summed E-state index contributed by atoms with van der Waals surface area (Å²) in [6.45, 7) is 4.46. The third kappa shape index (κ3) is 3.45. The van der Waals surface area contributed by atoms with Crippen LogP contribution in [0.4, 0.5) is 0 Å². The number of hydrogen-bond acceptors (Lipinski definition) is 8. The summed E-state index contributed by atoms with van der Waals surface area (Å²) in [5.74, 6) is 1.44. The van der Waals surface area contributed by atoms with Gasteiger partial charge in [0, 0.05) is 10.6 Å². The van der Waals surface area contributed by atoms with E-state index in [4.69, 9.17) is 9.72 Å². The molecule has 0 bridgehead atoms. The van der Waals surface area contributed by atoms with E-state index in [-0.39, 0.29) is 11.7 Å². The molecule has 0 spiro atoms. The molecule has 0 N–H and O–H groups in total. The zero-order valence-electron chi connectivity index (χ0n) is 15.7. The topological polar surface area (TPSA) is 69.4 Å². The van der Waals surface area contributed by atoms with Crippen molar-refractivity contribution in [1.29, 1.82) is 0 Å². The molecule has 0 aliphatic heterocycles. The van der Waals surface area contributed by atoms with Crippen molar-refractivity contribution in [2.24, 2.45) is 0 Å². The Bertz CT molecular complexity index is 998. The van der Waals surface area contributed by atoms with Crippen molar-refractivity contribution < 1.29 is 9.53 Å². The van der Waals surface area contributed by atoms with Crippen LogP contribution in [-0.2, 0) is 16.0 Å². The minimum atomic E-state index is -0.268. The number of carbonyl (C=O) groups excluding carboxylic acids is 1. The average molecular weight is 423 g/mol. The third-order valence-electron chi connectivity index (χ3n) is 4.76. The number of fused-ring (bicyclic) bond motifs is 5. The number of thioether (sulfide) groups is 2. The molecule has 1 aliphatic carbocycles. The molecular weight excluding hydrogens is 400 g/mol. The minimum absolute atomic E-state index is 0.214. The molecule has 0 fully saturated rings. The molecule has 0 unspecified atom stereocenters. The fraction of sp³-hybridized carbons (Fsp3) is 0.556. The molecule has 0 aromatic carbocycles. The lowest BCUT2D eigenvalue weighted by molar-refractivity contribution is -0.137. The molecule has 3 aromatic heterocycles. The first kappa shape index (κ1) is 19.0. The van der Waals surface area contributed by atoms with Crippen molar-refractivity contribution in [3.05, 3.63) is 10.4 Å². The molecule has 6 nitrogen and oxygen atoms in total. The van der Waals surface area contributed by atoms with Crippen molar-refractivity contribution in [2.45, 2.75) is 55.8 Å². The van der Waals surface area contributed by atoms with Crippen molar-refractivity contribution in [2.75, 3.05) is 18.6 Å². The Kier molecular flexibility index (Phi) is 5.61. The molecule has 0 amide bonds. The van der Waals surface area contributed by atoms with Gasteiger partial charge in [-0.05, 0) is 37.2 Å². The highest BCUT2D eigenvalue weighted by Gasteiger charge is 2.27. The van der Waals surface area contributed by atoms with Crippen LogP contribution in [0.1, 0.15) is 49.5 Å². The van der Waals surface area contributed by atoms with Crippen LogP contribution in [0.2, 0.25) is 0 Å². The Labute approximate surface area is 170 Å². The Balaban J connectivity index is 1.90. The number of thiophene rings is 1. The van der Waals surface area contributed by atoms with E-state index >= 15 is 0 Å².